The summed E-state index contributed by atoms with van der Waals surface area (Å²) in [5, 5.41) is 8.57. The topological polar surface area (TPSA) is 49.3 Å². The number of para-hydroxylation sites is 2. The molecule has 128 valence electrons. The van der Waals surface area contributed by atoms with Crippen LogP contribution in [-0.4, -0.2) is 29.2 Å². The van der Waals surface area contributed by atoms with Crippen LogP contribution in [0.3, 0.4) is 0 Å². The molecule has 0 fully saturated rings. The van der Waals surface area contributed by atoms with Gasteiger partial charge < -0.3 is 9.80 Å². The van der Waals surface area contributed by atoms with Gasteiger partial charge in [-0.25, -0.2) is 0 Å². The predicted octanol–water partition coefficient (Wildman–Crippen LogP) is 3.37. The molecule has 0 spiro atoms. The highest BCUT2D eigenvalue weighted by atomic mass is 16.2. The zero-order chi connectivity index (χ0) is 17.5. The van der Waals surface area contributed by atoms with E-state index in [0.717, 1.165) is 30.9 Å². The third-order valence-electron chi connectivity index (χ3n) is 5.17. The molecule has 0 unspecified atom stereocenters. The molecule has 1 aromatic heterocycles. The molecular formula is C21H18N4O. The van der Waals surface area contributed by atoms with Crippen molar-refractivity contribution in [3.8, 4) is 0 Å². The summed E-state index contributed by atoms with van der Waals surface area (Å²) in [5.41, 5.74) is 5.08. The molecule has 2 aromatic carbocycles. The quantitative estimate of drug-likeness (QED) is 0.716. The Labute approximate surface area is 151 Å². The number of hydrogen-bond donors (Lipinski definition) is 0. The molecule has 3 heterocycles. The van der Waals surface area contributed by atoms with E-state index in [4.69, 9.17) is 0 Å². The van der Waals surface area contributed by atoms with Crippen LogP contribution in [0.25, 0.3) is 0 Å². The SMILES string of the molecule is O=C(c1ccc(N2CCc3ccccc32)nn1)N1CCc2ccccc21. The second kappa shape index (κ2) is 5.95. The minimum atomic E-state index is -0.0872. The summed E-state index contributed by atoms with van der Waals surface area (Å²) in [6.45, 7) is 1.59. The molecule has 0 saturated heterocycles. The van der Waals surface area contributed by atoms with Crippen molar-refractivity contribution in [2.45, 2.75) is 12.8 Å². The highest BCUT2D eigenvalue weighted by molar-refractivity contribution is 6.06. The fourth-order valence-corrected chi connectivity index (χ4v) is 3.85. The van der Waals surface area contributed by atoms with Gasteiger partial charge in [-0.1, -0.05) is 36.4 Å². The molecule has 5 nitrogen and oxygen atoms in total. The van der Waals surface area contributed by atoms with E-state index >= 15 is 0 Å². The summed E-state index contributed by atoms with van der Waals surface area (Å²) in [5.74, 6) is 0.698. The largest absolute Gasteiger partial charge is 0.324 e. The van der Waals surface area contributed by atoms with Gasteiger partial charge in [-0.05, 0) is 48.2 Å². The van der Waals surface area contributed by atoms with E-state index in [1.54, 1.807) is 11.0 Å². The second-order valence-electron chi connectivity index (χ2n) is 6.64. The smallest absolute Gasteiger partial charge is 0.278 e. The number of amides is 1. The molecule has 2 aliphatic rings. The highest BCUT2D eigenvalue weighted by Gasteiger charge is 2.27. The van der Waals surface area contributed by atoms with E-state index in [2.05, 4.69) is 39.4 Å². The van der Waals surface area contributed by atoms with Crippen molar-refractivity contribution in [2.75, 3.05) is 22.9 Å². The molecular weight excluding hydrogens is 324 g/mol. The van der Waals surface area contributed by atoms with Crippen molar-refractivity contribution in [3.05, 3.63) is 77.5 Å². The van der Waals surface area contributed by atoms with Crippen molar-refractivity contribution >= 4 is 23.1 Å². The van der Waals surface area contributed by atoms with Gasteiger partial charge in [0.1, 0.15) is 0 Å². The number of carbonyl (C=O) groups is 1. The van der Waals surface area contributed by atoms with Crippen molar-refractivity contribution in [1.82, 2.24) is 10.2 Å². The first kappa shape index (κ1) is 15.1. The van der Waals surface area contributed by atoms with Crippen molar-refractivity contribution in [3.63, 3.8) is 0 Å². The Balaban J connectivity index is 1.40. The molecule has 1 amide bonds. The van der Waals surface area contributed by atoms with Gasteiger partial charge in [-0.15, -0.1) is 10.2 Å². The Bertz CT molecular complexity index is 983. The summed E-state index contributed by atoms with van der Waals surface area (Å²) >= 11 is 0. The molecule has 5 heteroatoms. The Morgan fingerprint density at radius 3 is 2.23 bits per heavy atom. The van der Waals surface area contributed by atoms with Crippen molar-refractivity contribution < 1.29 is 4.79 Å². The first-order valence-electron chi connectivity index (χ1n) is 8.90. The number of rotatable bonds is 2. The van der Waals surface area contributed by atoms with Crippen LogP contribution in [0.4, 0.5) is 17.2 Å². The number of anilines is 3. The molecule has 26 heavy (non-hydrogen) atoms. The maximum atomic E-state index is 12.9. The number of carbonyl (C=O) groups excluding carboxylic acids is 1. The van der Waals surface area contributed by atoms with E-state index in [-0.39, 0.29) is 5.91 Å². The fraction of sp³-hybridized carbons (Fsp3) is 0.190. The molecule has 2 aliphatic heterocycles. The summed E-state index contributed by atoms with van der Waals surface area (Å²) in [6.07, 6.45) is 1.89. The van der Waals surface area contributed by atoms with Gasteiger partial charge in [-0.3, -0.25) is 4.79 Å². The predicted molar refractivity (Wildman–Crippen MR) is 101 cm³/mol. The number of fused-ring (bicyclic) bond motifs is 2. The average molecular weight is 342 g/mol. The highest BCUT2D eigenvalue weighted by Crippen LogP contribution is 2.33. The standard InChI is InChI=1S/C21H18N4O/c26-21(25-14-12-16-6-2-4-8-19(16)25)17-9-10-20(23-22-17)24-13-11-15-5-1-3-7-18(15)24/h1-10H,11-14H2. The van der Waals surface area contributed by atoms with E-state index in [1.807, 2.05) is 30.3 Å². The van der Waals surface area contributed by atoms with Crippen LogP contribution < -0.4 is 9.80 Å². The monoisotopic (exact) mass is 342 g/mol. The number of hydrogen-bond acceptors (Lipinski definition) is 4. The van der Waals surface area contributed by atoms with Gasteiger partial charge in [0.25, 0.3) is 5.91 Å². The Morgan fingerprint density at radius 1 is 0.769 bits per heavy atom. The third-order valence-corrected chi connectivity index (χ3v) is 5.17. The maximum Gasteiger partial charge on any atom is 0.278 e. The van der Waals surface area contributed by atoms with E-state index < -0.39 is 0 Å². The van der Waals surface area contributed by atoms with Crippen LogP contribution in [0.1, 0.15) is 21.6 Å². The molecule has 0 bridgehead atoms. The minimum absolute atomic E-state index is 0.0872. The van der Waals surface area contributed by atoms with Gasteiger partial charge >= 0.3 is 0 Å². The lowest BCUT2D eigenvalue weighted by Crippen LogP contribution is -2.30. The molecule has 0 radical (unpaired) electrons. The zero-order valence-corrected chi connectivity index (χ0v) is 14.3. The summed E-state index contributed by atoms with van der Waals surface area (Å²) in [4.78, 5) is 16.8. The van der Waals surface area contributed by atoms with E-state index in [9.17, 15) is 4.79 Å². The van der Waals surface area contributed by atoms with Crippen LogP contribution in [0.5, 0.6) is 0 Å². The number of nitrogens with zero attached hydrogens (tertiary/aromatic N) is 4. The molecule has 0 saturated carbocycles. The van der Waals surface area contributed by atoms with E-state index in [1.165, 1.54) is 16.8 Å². The maximum absolute atomic E-state index is 12.9. The summed E-state index contributed by atoms with van der Waals surface area (Å²) in [6, 6.07) is 20.0. The van der Waals surface area contributed by atoms with Gasteiger partial charge in [0.05, 0.1) is 0 Å². The van der Waals surface area contributed by atoms with Crippen LogP contribution in [0, 0.1) is 0 Å². The lowest BCUT2D eigenvalue weighted by Gasteiger charge is -2.19. The van der Waals surface area contributed by atoms with Gasteiger partial charge in [0.15, 0.2) is 11.5 Å². The van der Waals surface area contributed by atoms with E-state index in [0.29, 0.717) is 12.2 Å². The Kier molecular flexibility index (Phi) is 3.45. The lowest BCUT2D eigenvalue weighted by atomic mass is 10.2. The Morgan fingerprint density at radius 2 is 1.46 bits per heavy atom. The average Bonchev–Trinajstić information content (AvgIpc) is 3.32. The minimum Gasteiger partial charge on any atom is -0.324 e. The summed E-state index contributed by atoms with van der Waals surface area (Å²) < 4.78 is 0. The van der Waals surface area contributed by atoms with Gasteiger partial charge in [0, 0.05) is 24.5 Å². The Hall–Kier alpha value is -3.21. The van der Waals surface area contributed by atoms with Gasteiger partial charge in [-0.2, -0.15) is 0 Å². The fourth-order valence-electron chi connectivity index (χ4n) is 3.85. The number of aromatic nitrogens is 2. The molecule has 0 aliphatic carbocycles. The van der Waals surface area contributed by atoms with Crippen LogP contribution in [-0.2, 0) is 12.8 Å². The molecule has 3 aromatic rings. The normalized spacial score (nSPS) is 15.1. The summed E-state index contributed by atoms with van der Waals surface area (Å²) in [7, 11) is 0. The van der Waals surface area contributed by atoms with Gasteiger partial charge in [0.2, 0.25) is 0 Å². The van der Waals surface area contributed by atoms with Crippen LogP contribution >= 0.6 is 0 Å². The first-order chi connectivity index (χ1) is 12.8. The second-order valence-corrected chi connectivity index (χ2v) is 6.64. The van der Waals surface area contributed by atoms with Crippen LogP contribution in [0.15, 0.2) is 60.7 Å². The van der Waals surface area contributed by atoms with Crippen molar-refractivity contribution in [1.29, 1.82) is 0 Å². The first-order valence-corrected chi connectivity index (χ1v) is 8.90. The molecule has 5 rings (SSSR count). The van der Waals surface area contributed by atoms with Crippen LogP contribution in [0.2, 0.25) is 0 Å². The lowest BCUT2D eigenvalue weighted by molar-refractivity contribution is 0.0983. The molecule has 0 atom stereocenters. The zero-order valence-electron chi connectivity index (χ0n) is 14.3. The number of benzene rings is 2. The third kappa shape index (κ3) is 2.36. The van der Waals surface area contributed by atoms with Crippen molar-refractivity contribution in [2.24, 2.45) is 0 Å². The molecule has 0 N–H and O–H groups in total.